The lowest BCUT2D eigenvalue weighted by Gasteiger charge is -2.05. The van der Waals surface area contributed by atoms with Crippen molar-refractivity contribution in [3.8, 4) is 0 Å². The van der Waals surface area contributed by atoms with Crippen molar-refractivity contribution in [1.29, 1.82) is 0 Å². The first-order valence-electron chi connectivity index (χ1n) is 5.10. The van der Waals surface area contributed by atoms with Gasteiger partial charge in [0, 0.05) is 19.3 Å². The summed E-state index contributed by atoms with van der Waals surface area (Å²) in [6, 6.07) is 0.278. The third kappa shape index (κ3) is 9.92. The molecule has 0 saturated carbocycles. The minimum Gasteiger partial charge on any atom is -0.381 e. The Kier molecular flexibility index (Phi) is 8.95. The van der Waals surface area contributed by atoms with Gasteiger partial charge < -0.3 is 10.5 Å². The van der Waals surface area contributed by atoms with Crippen LogP contribution in [0.15, 0.2) is 0 Å². The standard InChI is InChI=1S/C10H23NO/c1-3-4-5-6-8-12-9-7-10(2)11/h10H,3-9,11H2,1-2H3. The van der Waals surface area contributed by atoms with E-state index in [0.29, 0.717) is 0 Å². The lowest BCUT2D eigenvalue weighted by Crippen LogP contribution is -2.17. The summed E-state index contributed by atoms with van der Waals surface area (Å²) in [6.45, 7) is 5.97. The van der Waals surface area contributed by atoms with E-state index in [0.717, 1.165) is 19.6 Å². The van der Waals surface area contributed by atoms with E-state index < -0.39 is 0 Å². The Hall–Kier alpha value is -0.0800. The van der Waals surface area contributed by atoms with Crippen molar-refractivity contribution in [3.05, 3.63) is 0 Å². The monoisotopic (exact) mass is 173 g/mol. The molecule has 0 rings (SSSR count). The van der Waals surface area contributed by atoms with Gasteiger partial charge in [-0.2, -0.15) is 0 Å². The average molecular weight is 173 g/mol. The van der Waals surface area contributed by atoms with Crippen molar-refractivity contribution in [2.75, 3.05) is 13.2 Å². The average Bonchev–Trinajstić information content (AvgIpc) is 2.02. The smallest absolute Gasteiger partial charge is 0.0480 e. The van der Waals surface area contributed by atoms with E-state index in [9.17, 15) is 0 Å². The van der Waals surface area contributed by atoms with Crippen LogP contribution in [0.2, 0.25) is 0 Å². The van der Waals surface area contributed by atoms with Crippen LogP contribution in [0, 0.1) is 0 Å². The number of unbranched alkanes of at least 4 members (excludes halogenated alkanes) is 3. The summed E-state index contributed by atoms with van der Waals surface area (Å²) >= 11 is 0. The number of nitrogens with two attached hydrogens (primary N) is 1. The summed E-state index contributed by atoms with van der Waals surface area (Å²) < 4.78 is 5.41. The van der Waals surface area contributed by atoms with E-state index in [1.54, 1.807) is 0 Å². The fourth-order valence-electron chi connectivity index (χ4n) is 1.00. The molecule has 1 atom stereocenters. The molecule has 0 amide bonds. The first-order chi connectivity index (χ1) is 5.77. The highest BCUT2D eigenvalue weighted by molar-refractivity contribution is 4.50. The second-order valence-electron chi connectivity index (χ2n) is 3.44. The van der Waals surface area contributed by atoms with E-state index in [1.807, 2.05) is 6.92 Å². The Bertz CT molecular complexity index is 83.9. The Balaban J connectivity index is 2.82. The highest BCUT2D eigenvalue weighted by Crippen LogP contribution is 1.99. The number of hydrogen-bond donors (Lipinski definition) is 1. The molecule has 0 heterocycles. The van der Waals surface area contributed by atoms with Crippen LogP contribution in [-0.2, 0) is 4.74 Å². The summed E-state index contributed by atoms with van der Waals surface area (Å²) in [6.07, 6.45) is 6.10. The molecule has 0 aliphatic carbocycles. The Morgan fingerprint density at radius 2 is 1.92 bits per heavy atom. The predicted molar refractivity (Wildman–Crippen MR) is 53.2 cm³/mol. The second-order valence-corrected chi connectivity index (χ2v) is 3.44. The Morgan fingerprint density at radius 3 is 2.50 bits per heavy atom. The van der Waals surface area contributed by atoms with E-state index in [-0.39, 0.29) is 6.04 Å². The highest BCUT2D eigenvalue weighted by Gasteiger charge is 1.93. The normalized spacial score (nSPS) is 13.2. The van der Waals surface area contributed by atoms with Gasteiger partial charge in [0.2, 0.25) is 0 Å². The van der Waals surface area contributed by atoms with Crippen LogP contribution in [0.25, 0.3) is 0 Å². The molecule has 74 valence electrons. The maximum atomic E-state index is 5.57. The van der Waals surface area contributed by atoms with E-state index >= 15 is 0 Å². The predicted octanol–water partition coefficient (Wildman–Crippen LogP) is 2.32. The molecule has 0 aliphatic heterocycles. The molecular weight excluding hydrogens is 150 g/mol. The third-order valence-electron chi connectivity index (χ3n) is 1.86. The van der Waals surface area contributed by atoms with Gasteiger partial charge in [0.25, 0.3) is 0 Å². The molecule has 0 aromatic rings. The van der Waals surface area contributed by atoms with Crippen molar-refractivity contribution in [2.24, 2.45) is 5.73 Å². The largest absolute Gasteiger partial charge is 0.381 e. The molecule has 0 radical (unpaired) electrons. The molecule has 0 aromatic carbocycles. The minimum absolute atomic E-state index is 0.278. The summed E-state index contributed by atoms with van der Waals surface area (Å²) in [5.74, 6) is 0. The topological polar surface area (TPSA) is 35.2 Å². The van der Waals surface area contributed by atoms with Crippen molar-refractivity contribution >= 4 is 0 Å². The molecule has 0 fully saturated rings. The van der Waals surface area contributed by atoms with Crippen LogP contribution in [0.4, 0.5) is 0 Å². The minimum atomic E-state index is 0.278. The van der Waals surface area contributed by atoms with Gasteiger partial charge in [-0.1, -0.05) is 26.2 Å². The molecule has 0 spiro atoms. The van der Waals surface area contributed by atoms with Crippen LogP contribution in [0.1, 0.15) is 46.0 Å². The Morgan fingerprint density at radius 1 is 1.17 bits per heavy atom. The Labute approximate surface area is 76.5 Å². The molecule has 0 bridgehead atoms. The van der Waals surface area contributed by atoms with E-state index in [2.05, 4.69) is 6.92 Å². The van der Waals surface area contributed by atoms with Gasteiger partial charge in [-0.25, -0.2) is 0 Å². The van der Waals surface area contributed by atoms with Crippen LogP contribution >= 0.6 is 0 Å². The first kappa shape index (κ1) is 11.9. The molecule has 0 aliphatic rings. The summed E-state index contributed by atoms with van der Waals surface area (Å²) in [5.41, 5.74) is 5.57. The first-order valence-corrected chi connectivity index (χ1v) is 5.10. The van der Waals surface area contributed by atoms with Gasteiger partial charge in [-0.05, 0) is 19.8 Å². The van der Waals surface area contributed by atoms with Gasteiger partial charge >= 0.3 is 0 Å². The molecule has 2 heteroatoms. The van der Waals surface area contributed by atoms with Crippen molar-refractivity contribution in [3.63, 3.8) is 0 Å². The fraction of sp³-hybridized carbons (Fsp3) is 1.00. The van der Waals surface area contributed by atoms with E-state index in [4.69, 9.17) is 10.5 Å². The van der Waals surface area contributed by atoms with Crippen molar-refractivity contribution in [2.45, 2.75) is 52.0 Å². The van der Waals surface area contributed by atoms with Gasteiger partial charge in [-0.15, -0.1) is 0 Å². The molecule has 2 N–H and O–H groups in total. The maximum Gasteiger partial charge on any atom is 0.0480 e. The molecule has 2 nitrogen and oxygen atoms in total. The fourth-order valence-corrected chi connectivity index (χ4v) is 1.00. The zero-order valence-electron chi connectivity index (χ0n) is 8.51. The molecule has 0 aromatic heterocycles. The lowest BCUT2D eigenvalue weighted by molar-refractivity contribution is 0.124. The van der Waals surface area contributed by atoms with Crippen molar-refractivity contribution in [1.82, 2.24) is 0 Å². The summed E-state index contributed by atoms with van der Waals surface area (Å²) in [7, 11) is 0. The van der Waals surface area contributed by atoms with E-state index in [1.165, 1.54) is 25.7 Å². The van der Waals surface area contributed by atoms with Gasteiger partial charge in [0.05, 0.1) is 0 Å². The van der Waals surface area contributed by atoms with Gasteiger partial charge in [-0.3, -0.25) is 0 Å². The summed E-state index contributed by atoms with van der Waals surface area (Å²) in [4.78, 5) is 0. The lowest BCUT2D eigenvalue weighted by atomic mass is 10.2. The van der Waals surface area contributed by atoms with Crippen molar-refractivity contribution < 1.29 is 4.74 Å². The zero-order chi connectivity index (χ0) is 9.23. The zero-order valence-corrected chi connectivity index (χ0v) is 8.51. The van der Waals surface area contributed by atoms with Crippen LogP contribution in [0.3, 0.4) is 0 Å². The highest BCUT2D eigenvalue weighted by atomic mass is 16.5. The SMILES string of the molecule is CCCCCCOCCC(C)N. The van der Waals surface area contributed by atoms with Crippen LogP contribution in [-0.4, -0.2) is 19.3 Å². The number of ether oxygens (including phenoxy) is 1. The quantitative estimate of drug-likeness (QED) is 0.572. The number of rotatable bonds is 8. The molecule has 12 heavy (non-hydrogen) atoms. The van der Waals surface area contributed by atoms with Gasteiger partial charge in [0.15, 0.2) is 0 Å². The van der Waals surface area contributed by atoms with Crippen LogP contribution in [0.5, 0.6) is 0 Å². The maximum absolute atomic E-state index is 5.57. The third-order valence-corrected chi connectivity index (χ3v) is 1.86. The molecule has 1 unspecified atom stereocenters. The van der Waals surface area contributed by atoms with Crippen LogP contribution < -0.4 is 5.73 Å². The second kappa shape index (κ2) is 9.01. The molecule has 0 saturated heterocycles. The number of hydrogen-bond acceptors (Lipinski definition) is 2. The van der Waals surface area contributed by atoms with Gasteiger partial charge in [0.1, 0.15) is 0 Å². The molecular formula is C10H23NO. The summed E-state index contributed by atoms with van der Waals surface area (Å²) in [5, 5.41) is 0.